The standard InChI is InChI=1S/C32H30F4N6O3/c1-41-13-15-42(16-14-41)20-21-7-8-23(17-26(21)32(34,35)36)39-31(44)40-28-10-9-24(18-27(28)33)45-25-11-12-37-29(19-25)30(43)38-22-5-3-2-4-6-22/h2-12,17-19H,13-16,20H2,1H3,(H,38,43)(H2,39,40,44). The predicted octanol–water partition coefficient (Wildman–Crippen LogP) is 6.68. The highest BCUT2D eigenvalue weighted by atomic mass is 19.4. The van der Waals surface area contributed by atoms with Crippen molar-refractivity contribution in [2.45, 2.75) is 12.7 Å². The van der Waals surface area contributed by atoms with Crippen LogP contribution in [0.4, 0.5) is 39.4 Å². The molecule has 3 amide bonds. The van der Waals surface area contributed by atoms with Crippen molar-refractivity contribution in [2.24, 2.45) is 0 Å². The number of amides is 3. The van der Waals surface area contributed by atoms with Gasteiger partial charge in [0.1, 0.15) is 23.0 Å². The number of halogens is 4. The minimum absolute atomic E-state index is 0.0739. The second-order valence-electron chi connectivity index (χ2n) is 10.5. The number of likely N-dealkylation sites (N-methyl/N-ethyl adjacent to an activating group) is 1. The van der Waals surface area contributed by atoms with Crippen molar-refractivity contribution >= 4 is 29.0 Å². The molecule has 1 aromatic heterocycles. The lowest BCUT2D eigenvalue weighted by Gasteiger charge is -2.33. The normalized spacial score (nSPS) is 14.1. The number of aromatic nitrogens is 1. The van der Waals surface area contributed by atoms with Gasteiger partial charge in [-0.05, 0) is 55.1 Å². The number of pyridine rings is 1. The Morgan fingerprint density at radius 1 is 0.844 bits per heavy atom. The smallest absolute Gasteiger partial charge is 0.416 e. The Hall–Kier alpha value is -5.01. The molecule has 45 heavy (non-hydrogen) atoms. The summed E-state index contributed by atoms with van der Waals surface area (Å²) in [5.41, 5.74) is -0.384. The van der Waals surface area contributed by atoms with Crippen molar-refractivity contribution in [1.82, 2.24) is 14.8 Å². The molecule has 3 N–H and O–H groups in total. The van der Waals surface area contributed by atoms with Crippen molar-refractivity contribution in [3.8, 4) is 11.5 Å². The largest absolute Gasteiger partial charge is 0.457 e. The van der Waals surface area contributed by atoms with Gasteiger partial charge in [-0.1, -0.05) is 24.3 Å². The maximum absolute atomic E-state index is 14.9. The van der Waals surface area contributed by atoms with Crippen LogP contribution in [0.1, 0.15) is 21.6 Å². The monoisotopic (exact) mass is 622 g/mol. The number of para-hydroxylation sites is 1. The minimum atomic E-state index is -4.63. The Balaban J connectivity index is 1.20. The minimum Gasteiger partial charge on any atom is -0.457 e. The van der Waals surface area contributed by atoms with Crippen LogP contribution < -0.4 is 20.7 Å². The third-order valence-electron chi connectivity index (χ3n) is 7.08. The Kier molecular flexibility index (Phi) is 9.59. The number of carbonyl (C=O) groups excluding carboxylic acids is 2. The first-order chi connectivity index (χ1) is 21.5. The molecule has 0 unspecified atom stereocenters. The summed E-state index contributed by atoms with van der Waals surface area (Å²) in [5.74, 6) is -1.02. The van der Waals surface area contributed by atoms with Gasteiger partial charge in [0, 0.05) is 62.4 Å². The van der Waals surface area contributed by atoms with E-state index in [-0.39, 0.29) is 40.7 Å². The quantitative estimate of drug-likeness (QED) is 0.190. The first-order valence-electron chi connectivity index (χ1n) is 14.0. The number of hydrogen-bond acceptors (Lipinski definition) is 6. The number of ether oxygens (including phenoxy) is 1. The molecule has 3 aromatic carbocycles. The topological polar surface area (TPSA) is 98.8 Å². The number of anilines is 3. The van der Waals surface area contributed by atoms with Crippen LogP contribution in [-0.2, 0) is 12.7 Å². The molecule has 4 aromatic rings. The molecule has 0 atom stereocenters. The van der Waals surface area contributed by atoms with Crippen LogP contribution in [0.25, 0.3) is 0 Å². The molecule has 0 spiro atoms. The van der Waals surface area contributed by atoms with E-state index >= 15 is 0 Å². The van der Waals surface area contributed by atoms with Crippen LogP contribution >= 0.6 is 0 Å². The zero-order valence-electron chi connectivity index (χ0n) is 24.2. The average Bonchev–Trinajstić information content (AvgIpc) is 3.00. The molecule has 2 heterocycles. The van der Waals surface area contributed by atoms with Crippen LogP contribution in [-0.4, -0.2) is 59.9 Å². The maximum atomic E-state index is 14.9. The molecule has 0 radical (unpaired) electrons. The molecule has 0 aliphatic carbocycles. The number of piperazine rings is 1. The third-order valence-corrected chi connectivity index (χ3v) is 7.08. The van der Waals surface area contributed by atoms with Gasteiger partial charge in [-0.15, -0.1) is 0 Å². The Morgan fingerprint density at radius 2 is 1.58 bits per heavy atom. The van der Waals surface area contributed by atoms with Gasteiger partial charge in [-0.2, -0.15) is 13.2 Å². The molecule has 1 saturated heterocycles. The van der Waals surface area contributed by atoms with Gasteiger partial charge in [0.2, 0.25) is 0 Å². The number of carbonyl (C=O) groups is 2. The van der Waals surface area contributed by atoms with Crippen molar-refractivity contribution in [2.75, 3.05) is 49.2 Å². The summed E-state index contributed by atoms with van der Waals surface area (Å²) < 4.78 is 62.2. The molecule has 1 aliphatic heterocycles. The van der Waals surface area contributed by atoms with Gasteiger partial charge in [-0.25, -0.2) is 9.18 Å². The molecular formula is C32H30F4N6O3. The van der Waals surface area contributed by atoms with E-state index in [0.29, 0.717) is 18.8 Å². The van der Waals surface area contributed by atoms with E-state index in [2.05, 4.69) is 25.8 Å². The van der Waals surface area contributed by atoms with Crippen LogP contribution in [0, 0.1) is 5.82 Å². The lowest BCUT2D eigenvalue weighted by molar-refractivity contribution is -0.138. The number of alkyl halides is 3. The zero-order valence-corrected chi connectivity index (χ0v) is 24.2. The Labute approximate surface area is 256 Å². The van der Waals surface area contributed by atoms with E-state index in [1.807, 2.05) is 18.0 Å². The summed E-state index contributed by atoms with van der Waals surface area (Å²) in [6.45, 7) is 2.98. The second kappa shape index (κ2) is 13.7. The lowest BCUT2D eigenvalue weighted by atomic mass is 10.0. The molecule has 1 fully saturated rings. The summed E-state index contributed by atoms with van der Waals surface area (Å²) >= 11 is 0. The molecule has 9 nitrogen and oxygen atoms in total. The van der Waals surface area contributed by atoms with Gasteiger partial charge in [-0.3, -0.25) is 14.7 Å². The Morgan fingerprint density at radius 3 is 2.29 bits per heavy atom. The molecular weight excluding hydrogens is 592 g/mol. The van der Waals surface area contributed by atoms with E-state index in [1.54, 1.807) is 24.3 Å². The first-order valence-corrected chi connectivity index (χ1v) is 14.0. The van der Waals surface area contributed by atoms with Gasteiger partial charge < -0.3 is 25.6 Å². The number of rotatable bonds is 8. The van der Waals surface area contributed by atoms with Gasteiger partial charge in [0.25, 0.3) is 5.91 Å². The lowest BCUT2D eigenvalue weighted by Crippen LogP contribution is -2.44. The first kappa shape index (κ1) is 31.4. The van der Waals surface area contributed by atoms with Crippen LogP contribution in [0.2, 0.25) is 0 Å². The van der Waals surface area contributed by atoms with E-state index in [9.17, 15) is 27.2 Å². The summed E-state index contributed by atoms with van der Waals surface area (Å²) in [4.78, 5) is 33.2. The average molecular weight is 623 g/mol. The molecule has 234 valence electrons. The van der Waals surface area contributed by atoms with Gasteiger partial charge >= 0.3 is 12.2 Å². The summed E-state index contributed by atoms with van der Waals surface area (Å²) in [6.07, 6.45) is -3.26. The number of urea groups is 1. The molecule has 0 bridgehead atoms. The third kappa shape index (κ3) is 8.55. The van der Waals surface area contributed by atoms with Crippen molar-refractivity contribution in [3.63, 3.8) is 0 Å². The fourth-order valence-electron chi connectivity index (χ4n) is 4.70. The van der Waals surface area contributed by atoms with Crippen molar-refractivity contribution in [1.29, 1.82) is 0 Å². The van der Waals surface area contributed by atoms with Crippen molar-refractivity contribution in [3.05, 3.63) is 108 Å². The highest BCUT2D eigenvalue weighted by molar-refractivity contribution is 6.03. The number of hydrogen-bond donors (Lipinski definition) is 3. The zero-order chi connectivity index (χ0) is 32.0. The fourth-order valence-corrected chi connectivity index (χ4v) is 4.70. The van der Waals surface area contributed by atoms with Crippen molar-refractivity contribution < 1.29 is 31.9 Å². The van der Waals surface area contributed by atoms with Crippen LogP contribution in [0.3, 0.4) is 0 Å². The second-order valence-corrected chi connectivity index (χ2v) is 10.5. The number of nitrogens with one attached hydrogen (secondary N) is 3. The van der Waals surface area contributed by atoms with Gasteiger partial charge in [0.15, 0.2) is 0 Å². The number of nitrogens with zero attached hydrogens (tertiary/aromatic N) is 3. The summed E-state index contributed by atoms with van der Waals surface area (Å²) in [6, 6.07) is 18.0. The SMILES string of the molecule is CN1CCN(Cc2ccc(NC(=O)Nc3ccc(Oc4ccnc(C(=O)Nc5ccccc5)c4)cc3F)cc2C(F)(F)F)CC1. The highest BCUT2D eigenvalue weighted by Crippen LogP contribution is 2.35. The maximum Gasteiger partial charge on any atom is 0.416 e. The molecule has 1 aliphatic rings. The fraction of sp³-hybridized carbons (Fsp3) is 0.219. The van der Waals surface area contributed by atoms with E-state index in [4.69, 9.17) is 4.74 Å². The van der Waals surface area contributed by atoms with E-state index in [1.165, 1.54) is 42.6 Å². The number of benzene rings is 3. The van der Waals surface area contributed by atoms with E-state index in [0.717, 1.165) is 25.2 Å². The summed E-state index contributed by atoms with van der Waals surface area (Å²) in [5, 5.41) is 7.35. The molecule has 13 heteroatoms. The van der Waals surface area contributed by atoms with Crippen LogP contribution in [0.15, 0.2) is 85.1 Å². The van der Waals surface area contributed by atoms with E-state index < -0.39 is 29.5 Å². The Bertz CT molecular complexity index is 1660. The summed E-state index contributed by atoms with van der Waals surface area (Å²) in [7, 11) is 1.96. The molecule has 5 rings (SSSR count). The predicted molar refractivity (Wildman–Crippen MR) is 162 cm³/mol. The van der Waals surface area contributed by atoms with Crippen LogP contribution in [0.5, 0.6) is 11.5 Å². The highest BCUT2D eigenvalue weighted by Gasteiger charge is 2.34. The van der Waals surface area contributed by atoms with Gasteiger partial charge in [0.05, 0.1) is 11.3 Å². The molecule has 0 saturated carbocycles.